The average Bonchev–Trinajstić information content (AvgIpc) is 2.63. The number of anilines is 1. The highest BCUT2D eigenvalue weighted by atomic mass is 32.2. The third kappa shape index (κ3) is 3.67. The van der Waals surface area contributed by atoms with Crippen molar-refractivity contribution >= 4 is 21.6 Å². The maximum absolute atomic E-state index is 12.5. The average molecular weight is 360 g/mol. The summed E-state index contributed by atoms with van der Waals surface area (Å²) in [6, 6.07) is 12.1. The largest absolute Gasteiger partial charge is 0.497 e. The van der Waals surface area contributed by atoms with E-state index >= 15 is 0 Å². The highest BCUT2D eigenvalue weighted by Gasteiger charge is 2.23. The molecule has 1 aliphatic heterocycles. The Bertz CT molecular complexity index is 892. The van der Waals surface area contributed by atoms with Gasteiger partial charge in [-0.25, -0.2) is 13.1 Å². The normalized spacial score (nSPS) is 14.3. The second-order valence-corrected chi connectivity index (χ2v) is 7.68. The van der Waals surface area contributed by atoms with E-state index in [0.29, 0.717) is 12.8 Å². The van der Waals surface area contributed by atoms with E-state index in [-0.39, 0.29) is 17.3 Å². The van der Waals surface area contributed by atoms with Crippen molar-refractivity contribution in [2.24, 2.45) is 0 Å². The number of rotatable bonds is 5. The van der Waals surface area contributed by atoms with Gasteiger partial charge in [-0.3, -0.25) is 4.79 Å². The molecular weight excluding hydrogens is 340 g/mol. The number of carbonyl (C=O) groups is 1. The number of hydrogen-bond donors (Lipinski definition) is 1. The molecule has 1 amide bonds. The number of benzene rings is 2. The number of amides is 1. The number of nitrogens with zero attached hydrogens (tertiary/aromatic N) is 1. The molecule has 0 aliphatic carbocycles. The molecule has 7 heteroatoms. The van der Waals surface area contributed by atoms with E-state index < -0.39 is 10.0 Å². The molecule has 3 rings (SSSR count). The fourth-order valence-corrected chi connectivity index (χ4v) is 3.87. The molecule has 1 aliphatic rings. The monoisotopic (exact) mass is 360 g/mol. The van der Waals surface area contributed by atoms with Gasteiger partial charge >= 0.3 is 0 Å². The molecule has 0 saturated heterocycles. The lowest BCUT2D eigenvalue weighted by atomic mass is 10.0. The standard InChI is InChI=1S/C18H20N2O4S/c1-20-17-9-8-16(11-14(17)5-10-18(20)21)25(22,23)19-12-13-3-6-15(24-2)7-4-13/h3-4,6-9,11,19H,5,10,12H2,1-2H3. The van der Waals surface area contributed by atoms with E-state index in [0.717, 1.165) is 22.6 Å². The van der Waals surface area contributed by atoms with Crippen molar-refractivity contribution < 1.29 is 17.9 Å². The van der Waals surface area contributed by atoms with Crippen molar-refractivity contribution in [2.45, 2.75) is 24.3 Å². The van der Waals surface area contributed by atoms with Gasteiger partial charge in [-0.1, -0.05) is 12.1 Å². The quantitative estimate of drug-likeness (QED) is 0.886. The second-order valence-electron chi connectivity index (χ2n) is 5.92. The first-order chi connectivity index (χ1) is 11.9. The molecule has 25 heavy (non-hydrogen) atoms. The van der Waals surface area contributed by atoms with Crippen LogP contribution in [0, 0.1) is 0 Å². The molecule has 0 bridgehead atoms. The predicted octanol–water partition coefficient (Wildman–Crippen LogP) is 2.08. The molecule has 0 atom stereocenters. The van der Waals surface area contributed by atoms with Crippen LogP contribution in [0.2, 0.25) is 0 Å². The van der Waals surface area contributed by atoms with Gasteiger partial charge in [0, 0.05) is 25.7 Å². The maximum atomic E-state index is 12.5. The highest BCUT2D eigenvalue weighted by Crippen LogP contribution is 2.29. The minimum Gasteiger partial charge on any atom is -0.497 e. The molecule has 0 radical (unpaired) electrons. The molecule has 132 valence electrons. The highest BCUT2D eigenvalue weighted by molar-refractivity contribution is 7.89. The summed E-state index contributed by atoms with van der Waals surface area (Å²) in [6.45, 7) is 0.196. The molecule has 1 heterocycles. The molecule has 0 spiro atoms. The Morgan fingerprint density at radius 1 is 1.12 bits per heavy atom. The summed E-state index contributed by atoms with van der Waals surface area (Å²) in [6.07, 6.45) is 0.951. The van der Waals surface area contributed by atoms with E-state index in [1.807, 2.05) is 12.1 Å². The van der Waals surface area contributed by atoms with Crippen LogP contribution in [0.3, 0.4) is 0 Å². The maximum Gasteiger partial charge on any atom is 0.240 e. The summed E-state index contributed by atoms with van der Waals surface area (Å²) in [5, 5.41) is 0. The Morgan fingerprint density at radius 2 is 1.84 bits per heavy atom. The number of carbonyl (C=O) groups excluding carboxylic acids is 1. The van der Waals surface area contributed by atoms with Crippen LogP contribution < -0.4 is 14.4 Å². The van der Waals surface area contributed by atoms with Crippen LogP contribution in [0.25, 0.3) is 0 Å². The number of hydrogen-bond acceptors (Lipinski definition) is 4. The van der Waals surface area contributed by atoms with Crippen LogP contribution in [-0.4, -0.2) is 28.5 Å². The Morgan fingerprint density at radius 3 is 2.52 bits per heavy atom. The fourth-order valence-electron chi connectivity index (χ4n) is 2.81. The van der Waals surface area contributed by atoms with Crippen LogP contribution in [0.4, 0.5) is 5.69 Å². The van der Waals surface area contributed by atoms with Gasteiger partial charge in [0.05, 0.1) is 12.0 Å². The molecule has 2 aromatic carbocycles. The lowest BCUT2D eigenvalue weighted by molar-refractivity contribution is -0.118. The topological polar surface area (TPSA) is 75.7 Å². The Labute approximate surface area is 147 Å². The summed E-state index contributed by atoms with van der Waals surface area (Å²) in [7, 11) is -0.336. The van der Waals surface area contributed by atoms with Gasteiger partial charge in [0.1, 0.15) is 5.75 Å². The molecule has 1 N–H and O–H groups in total. The summed E-state index contributed by atoms with van der Waals surface area (Å²) in [4.78, 5) is 13.5. The van der Waals surface area contributed by atoms with E-state index in [4.69, 9.17) is 4.74 Å². The zero-order chi connectivity index (χ0) is 18.0. The molecule has 0 unspecified atom stereocenters. The van der Waals surface area contributed by atoms with Crippen LogP contribution >= 0.6 is 0 Å². The summed E-state index contributed by atoms with van der Waals surface area (Å²) in [5.41, 5.74) is 2.48. The van der Waals surface area contributed by atoms with Gasteiger partial charge in [-0.2, -0.15) is 0 Å². The van der Waals surface area contributed by atoms with Gasteiger partial charge in [0.2, 0.25) is 15.9 Å². The van der Waals surface area contributed by atoms with Gasteiger partial charge in [-0.15, -0.1) is 0 Å². The third-order valence-electron chi connectivity index (χ3n) is 4.33. The molecule has 0 fully saturated rings. The third-order valence-corrected chi connectivity index (χ3v) is 5.73. The number of ether oxygens (including phenoxy) is 1. The summed E-state index contributed by atoms with van der Waals surface area (Å²) < 4.78 is 32.8. The Hall–Kier alpha value is -2.38. The van der Waals surface area contributed by atoms with Crippen LogP contribution in [-0.2, 0) is 27.8 Å². The van der Waals surface area contributed by atoms with Crippen molar-refractivity contribution in [1.82, 2.24) is 4.72 Å². The van der Waals surface area contributed by atoms with Crippen LogP contribution in [0.15, 0.2) is 47.4 Å². The van der Waals surface area contributed by atoms with Gasteiger partial charge in [0.25, 0.3) is 0 Å². The predicted molar refractivity (Wildman–Crippen MR) is 95.2 cm³/mol. The lowest BCUT2D eigenvalue weighted by Gasteiger charge is -2.26. The van der Waals surface area contributed by atoms with Gasteiger partial charge < -0.3 is 9.64 Å². The van der Waals surface area contributed by atoms with Gasteiger partial charge in [0.15, 0.2) is 0 Å². The minimum absolute atomic E-state index is 0.0423. The number of aryl methyl sites for hydroxylation is 1. The van der Waals surface area contributed by atoms with Crippen molar-refractivity contribution in [2.75, 3.05) is 19.1 Å². The fraction of sp³-hybridized carbons (Fsp3) is 0.278. The van der Waals surface area contributed by atoms with Crippen molar-refractivity contribution in [3.63, 3.8) is 0 Å². The van der Waals surface area contributed by atoms with Gasteiger partial charge in [-0.05, 0) is 47.9 Å². The number of methoxy groups -OCH3 is 1. The van der Waals surface area contributed by atoms with Crippen molar-refractivity contribution in [3.8, 4) is 5.75 Å². The van der Waals surface area contributed by atoms with Crippen molar-refractivity contribution in [3.05, 3.63) is 53.6 Å². The second kappa shape index (κ2) is 6.85. The van der Waals surface area contributed by atoms with Crippen molar-refractivity contribution in [1.29, 1.82) is 0 Å². The molecular formula is C18H20N2O4S. The van der Waals surface area contributed by atoms with Crippen LogP contribution in [0.1, 0.15) is 17.5 Å². The van der Waals surface area contributed by atoms with Crippen LogP contribution in [0.5, 0.6) is 5.75 Å². The van der Waals surface area contributed by atoms with E-state index in [1.54, 1.807) is 43.3 Å². The first-order valence-electron chi connectivity index (χ1n) is 7.93. The molecule has 0 saturated carbocycles. The molecule has 2 aromatic rings. The van der Waals surface area contributed by atoms with E-state index in [9.17, 15) is 13.2 Å². The minimum atomic E-state index is -3.62. The first-order valence-corrected chi connectivity index (χ1v) is 9.41. The number of fused-ring (bicyclic) bond motifs is 1. The Balaban J connectivity index is 1.77. The Kier molecular flexibility index (Phi) is 4.78. The summed E-state index contributed by atoms with van der Waals surface area (Å²) >= 11 is 0. The van der Waals surface area contributed by atoms with E-state index in [2.05, 4.69) is 4.72 Å². The summed E-state index contributed by atoms with van der Waals surface area (Å²) in [5.74, 6) is 0.765. The smallest absolute Gasteiger partial charge is 0.240 e. The molecule has 0 aromatic heterocycles. The molecule has 6 nitrogen and oxygen atoms in total. The SMILES string of the molecule is COc1ccc(CNS(=O)(=O)c2ccc3c(c2)CCC(=O)N3C)cc1. The number of nitrogens with one attached hydrogen (secondary N) is 1. The lowest BCUT2D eigenvalue weighted by Crippen LogP contribution is -2.31. The zero-order valence-corrected chi connectivity index (χ0v) is 15.0. The van der Waals surface area contributed by atoms with E-state index in [1.165, 1.54) is 6.07 Å². The first kappa shape index (κ1) is 17.4. The zero-order valence-electron chi connectivity index (χ0n) is 14.2. The number of sulfonamides is 1.